The van der Waals surface area contributed by atoms with Crippen molar-refractivity contribution in [2.75, 3.05) is 0 Å². The van der Waals surface area contributed by atoms with Crippen LogP contribution in [0.1, 0.15) is 27.2 Å². The Labute approximate surface area is 99.1 Å². The second-order valence-electron chi connectivity index (χ2n) is 3.97. The highest BCUT2D eigenvalue weighted by molar-refractivity contribution is 6.09. The fourth-order valence-corrected chi connectivity index (χ4v) is 1.68. The van der Waals surface area contributed by atoms with Crippen LogP contribution >= 0.6 is 0 Å². The number of carbonyl (C=O) groups excluding carboxylic acids is 1. The second-order valence-corrected chi connectivity index (χ2v) is 3.97. The molecule has 0 atom stereocenters. The predicted molar refractivity (Wildman–Crippen MR) is 63.5 cm³/mol. The van der Waals surface area contributed by atoms with Gasteiger partial charge >= 0.3 is 0 Å². The molecule has 0 saturated carbocycles. The fraction of sp³-hybridized carbons (Fsp3) is 0.143. The summed E-state index contributed by atoms with van der Waals surface area (Å²) in [6, 6.07) is 7.57. The first-order valence-corrected chi connectivity index (χ1v) is 5.31. The summed E-state index contributed by atoms with van der Waals surface area (Å²) in [7, 11) is 0. The maximum absolute atomic E-state index is 13.1. The quantitative estimate of drug-likeness (QED) is 0.741. The minimum absolute atomic E-state index is 0.174. The Balaban J connectivity index is 2.47. The van der Waals surface area contributed by atoms with Gasteiger partial charge in [-0.3, -0.25) is 9.78 Å². The summed E-state index contributed by atoms with van der Waals surface area (Å²) < 4.78 is 13.1. The average Bonchev–Trinajstić information content (AvgIpc) is 2.31. The third-order valence-corrected chi connectivity index (χ3v) is 2.60. The molecule has 1 aromatic carbocycles. The van der Waals surface area contributed by atoms with Crippen molar-refractivity contribution in [3.05, 3.63) is 64.7 Å². The lowest BCUT2D eigenvalue weighted by Gasteiger charge is -2.05. The highest BCUT2D eigenvalue weighted by Gasteiger charge is 2.12. The molecule has 0 aliphatic rings. The number of halogens is 1. The monoisotopic (exact) mass is 229 g/mol. The largest absolute Gasteiger partial charge is 0.289 e. The van der Waals surface area contributed by atoms with Crippen molar-refractivity contribution < 1.29 is 9.18 Å². The summed E-state index contributed by atoms with van der Waals surface area (Å²) in [6.45, 7) is 3.61. The lowest BCUT2D eigenvalue weighted by molar-refractivity contribution is 0.103. The van der Waals surface area contributed by atoms with E-state index in [9.17, 15) is 9.18 Å². The molecular formula is C14H12FNO. The molecule has 0 unspecified atom stereocenters. The van der Waals surface area contributed by atoms with Crippen LogP contribution in [0.25, 0.3) is 0 Å². The van der Waals surface area contributed by atoms with Gasteiger partial charge in [0.25, 0.3) is 0 Å². The predicted octanol–water partition coefficient (Wildman–Crippen LogP) is 3.07. The third-order valence-electron chi connectivity index (χ3n) is 2.60. The van der Waals surface area contributed by atoms with E-state index in [-0.39, 0.29) is 5.78 Å². The Morgan fingerprint density at radius 1 is 1.18 bits per heavy atom. The number of aryl methyl sites for hydroxylation is 2. The first kappa shape index (κ1) is 11.5. The minimum Gasteiger partial charge on any atom is -0.289 e. The number of benzene rings is 1. The van der Waals surface area contributed by atoms with Gasteiger partial charge < -0.3 is 0 Å². The Morgan fingerprint density at radius 3 is 2.65 bits per heavy atom. The summed E-state index contributed by atoms with van der Waals surface area (Å²) in [5.74, 6) is -0.572. The minimum atomic E-state index is -0.398. The summed E-state index contributed by atoms with van der Waals surface area (Å²) in [6.07, 6.45) is 1.58. The molecule has 0 spiro atoms. The molecule has 1 heterocycles. The zero-order chi connectivity index (χ0) is 12.4. The van der Waals surface area contributed by atoms with Crippen LogP contribution in [0.5, 0.6) is 0 Å². The van der Waals surface area contributed by atoms with E-state index >= 15 is 0 Å². The first-order chi connectivity index (χ1) is 8.08. The van der Waals surface area contributed by atoms with E-state index in [4.69, 9.17) is 0 Å². The van der Waals surface area contributed by atoms with E-state index in [2.05, 4.69) is 4.98 Å². The summed E-state index contributed by atoms with van der Waals surface area (Å²) in [5.41, 5.74) is 2.47. The number of ketones is 1. The number of rotatable bonds is 2. The van der Waals surface area contributed by atoms with Crippen molar-refractivity contribution in [3.63, 3.8) is 0 Å². The molecule has 1 aromatic heterocycles. The molecule has 2 rings (SSSR count). The van der Waals surface area contributed by atoms with Gasteiger partial charge in [-0.1, -0.05) is 6.07 Å². The topological polar surface area (TPSA) is 30.0 Å². The lowest BCUT2D eigenvalue weighted by Crippen LogP contribution is -2.05. The highest BCUT2D eigenvalue weighted by atomic mass is 19.1. The number of carbonyl (C=O) groups is 1. The van der Waals surface area contributed by atoms with Crippen LogP contribution in [0.4, 0.5) is 4.39 Å². The van der Waals surface area contributed by atoms with Gasteiger partial charge in [0.1, 0.15) is 5.82 Å². The van der Waals surface area contributed by atoms with E-state index < -0.39 is 5.82 Å². The molecule has 0 fully saturated rings. The van der Waals surface area contributed by atoms with Crippen LogP contribution < -0.4 is 0 Å². The van der Waals surface area contributed by atoms with Gasteiger partial charge in [-0.25, -0.2) is 4.39 Å². The van der Waals surface area contributed by atoms with E-state index in [1.807, 2.05) is 6.92 Å². The van der Waals surface area contributed by atoms with E-state index in [1.54, 1.807) is 31.3 Å². The van der Waals surface area contributed by atoms with E-state index in [0.717, 1.165) is 11.3 Å². The first-order valence-electron chi connectivity index (χ1n) is 5.31. The fourth-order valence-electron chi connectivity index (χ4n) is 1.68. The van der Waals surface area contributed by atoms with Gasteiger partial charge in [0.05, 0.1) is 0 Å². The Hall–Kier alpha value is -2.03. The lowest BCUT2D eigenvalue weighted by atomic mass is 9.99. The SMILES string of the molecule is Cc1cc(C(=O)c2cc(F)ccc2C)ccn1. The normalized spacial score (nSPS) is 10.3. The molecule has 0 radical (unpaired) electrons. The Kier molecular flexibility index (Phi) is 3.00. The molecule has 86 valence electrons. The zero-order valence-electron chi connectivity index (χ0n) is 9.70. The van der Waals surface area contributed by atoms with Gasteiger partial charge in [-0.15, -0.1) is 0 Å². The van der Waals surface area contributed by atoms with E-state index in [1.165, 1.54) is 12.1 Å². The van der Waals surface area contributed by atoms with Crippen LogP contribution in [-0.2, 0) is 0 Å². The van der Waals surface area contributed by atoms with Crippen LogP contribution in [0.15, 0.2) is 36.5 Å². The number of nitrogens with zero attached hydrogens (tertiary/aromatic N) is 1. The molecule has 2 nitrogen and oxygen atoms in total. The van der Waals surface area contributed by atoms with Crippen LogP contribution in [0, 0.1) is 19.7 Å². The van der Waals surface area contributed by atoms with Gasteiger partial charge in [-0.05, 0) is 43.7 Å². The number of aromatic nitrogens is 1. The van der Waals surface area contributed by atoms with Crippen molar-refractivity contribution in [1.82, 2.24) is 4.98 Å². The third kappa shape index (κ3) is 2.38. The molecule has 17 heavy (non-hydrogen) atoms. The Morgan fingerprint density at radius 2 is 1.94 bits per heavy atom. The molecular weight excluding hydrogens is 217 g/mol. The molecule has 0 amide bonds. The van der Waals surface area contributed by atoms with Crippen LogP contribution in [0.2, 0.25) is 0 Å². The van der Waals surface area contributed by atoms with Crippen molar-refractivity contribution in [3.8, 4) is 0 Å². The zero-order valence-corrected chi connectivity index (χ0v) is 9.70. The van der Waals surface area contributed by atoms with E-state index in [0.29, 0.717) is 11.1 Å². The number of hydrogen-bond donors (Lipinski definition) is 0. The maximum Gasteiger partial charge on any atom is 0.193 e. The Bertz CT molecular complexity index is 578. The van der Waals surface area contributed by atoms with Gasteiger partial charge in [0.15, 0.2) is 5.78 Å². The van der Waals surface area contributed by atoms with Crippen LogP contribution in [-0.4, -0.2) is 10.8 Å². The second kappa shape index (κ2) is 4.45. The number of pyridine rings is 1. The molecule has 2 aromatic rings. The van der Waals surface area contributed by atoms with Gasteiger partial charge in [-0.2, -0.15) is 0 Å². The number of hydrogen-bond acceptors (Lipinski definition) is 2. The van der Waals surface area contributed by atoms with Crippen molar-refractivity contribution >= 4 is 5.78 Å². The summed E-state index contributed by atoms with van der Waals surface area (Å²) in [4.78, 5) is 16.2. The molecule has 0 bridgehead atoms. The summed E-state index contributed by atoms with van der Waals surface area (Å²) >= 11 is 0. The van der Waals surface area contributed by atoms with Gasteiger partial charge in [0, 0.05) is 23.0 Å². The standard InChI is InChI=1S/C14H12FNO/c1-9-3-4-12(15)8-13(9)14(17)11-5-6-16-10(2)7-11/h3-8H,1-2H3. The molecule has 3 heteroatoms. The van der Waals surface area contributed by atoms with Crippen LogP contribution in [0.3, 0.4) is 0 Å². The van der Waals surface area contributed by atoms with Crippen molar-refractivity contribution in [1.29, 1.82) is 0 Å². The maximum atomic E-state index is 13.1. The molecule has 0 aliphatic carbocycles. The summed E-state index contributed by atoms with van der Waals surface area (Å²) in [5, 5.41) is 0. The molecule has 0 N–H and O–H groups in total. The highest BCUT2D eigenvalue weighted by Crippen LogP contribution is 2.15. The van der Waals surface area contributed by atoms with Crippen molar-refractivity contribution in [2.45, 2.75) is 13.8 Å². The van der Waals surface area contributed by atoms with Gasteiger partial charge in [0.2, 0.25) is 0 Å². The molecule has 0 aliphatic heterocycles. The smallest absolute Gasteiger partial charge is 0.193 e. The average molecular weight is 229 g/mol. The van der Waals surface area contributed by atoms with Crippen molar-refractivity contribution in [2.24, 2.45) is 0 Å². The molecule has 0 saturated heterocycles.